The van der Waals surface area contributed by atoms with Gasteiger partial charge in [-0.1, -0.05) is 82.7 Å². The van der Waals surface area contributed by atoms with Crippen molar-refractivity contribution in [3.63, 3.8) is 0 Å². The van der Waals surface area contributed by atoms with Crippen molar-refractivity contribution in [2.24, 2.45) is 0 Å². The van der Waals surface area contributed by atoms with E-state index in [1.165, 1.54) is 64.9 Å². The Balaban J connectivity index is 2.48. The Kier molecular flexibility index (Phi) is 15.7. The molecule has 32 heavy (non-hydrogen) atoms. The van der Waals surface area contributed by atoms with E-state index in [0.717, 1.165) is 23.1 Å². The summed E-state index contributed by atoms with van der Waals surface area (Å²) in [5.74, 6) is -0.646. The highest BCUT2D eigenvalue weighted by molar-refractivity contribution is 6.34. The first-order chi connectivity index (χ1) is 15.5. The number of nitrogens with zero attached hydrogens (tertiary/aromatic N) is 1. The number of methoxy groups -OCH3 is 1. The molecule has 0 saturated heterocycles. The molecule has 0 bridgehead atoms. The van der Waals surface area contributed by atoms with Gasteiger partial charge in [0.2, 0.25) is 0 Å². The lowest BCUT2D eigenvalue weighted by molar-refractivity contribution is 0.0252. The number of carbonyl (C=O) groups excluding carboxylic acids is 2. The quantitative estimate of drug-likeness (QED) is 0.182. The smallest absolute Gasteiger partial charge is 0.461 e. The summed E-state index contributed by atoms with van der Waals surface area (Å²) < 4.78 is 15.8. The highest BCUT2D eigenvalue weighted by Crippen LogP contribution is 2.26. The van der Waals surface area contributed by atoms with Crippen LogP contribution in [0.25, 0.3) is 0 Å². The fourth-order valence-electron chi connectivity index (χ4n) is 3.43. The first-order valence-corrected chi connectivity index (χ1v) is 12.3. The van der Waals surface area contributed by atoms with Crippen LogP contribution >= 0.6 is 11.6 Å². The van der Waals surface area contributed by atoms with Gasteiger partial charge in [-0.25, -0.2) is 9.59 Å². The minimum atomic E-state index is -0.944. The maximum Gasteiger partial charge on any atom is 0.533 e. The molecule has 0 aliphatic heterocycles. The molecule has 0 aromatic carbocycles. The summed E-state index contributed by atoms with van der Waals surface area (Å²) in [4.78, 5) is 29.3. The highest BCUT2D eigenvalue weighted by atomic mass is 35.5. The molecule has 1 aromatic rings. The predicted molar refractivity (Wildman–Crippen MR) is 125 cm³/mol. The molecule has 0 amide bonds. The van der Waals surface area contributed by atoms with E-state index >= 15 is 0 Å². The standard InChI is InChI=1S/C24H40ClNO6/c1-4-6-7-8-9-10-11-12-13-14-15-16-20-19-26(32-24(28)31-18-17-29-3)22(21(20)25)23(27)30-5-2/h19H,4-18H2,1-3H3. The zero-order valence-electron chi connectivity index (χ0n) is 20.0. The van der Waals surface area contributed by atoms with Crippen molar-refractivity contribution in [3.8, 4) is 0 Å². The molecule has 0 aliphatic rings. The molecule has 1 heterocycles. The maximum absolute atomic E-state index is 12.3. The average Bonchev–Trinajstić information content (AvgIpc) is 3.07. The van der Waals surface area contributed by atoms with E-state index in [2.05, 4.69) is 6.92 Å². The Hall–Kier alpha value is -1.73. The van der Waals surface area contributed by atoms with Crippen LogP contribution in [0.3, 0.4) is 0 Å². The molecule has 0 atom stereocenters. The van der Waals surface area contributed by atoms with Crippen LogP contribution in [-0.4, -0.2) is 43.8 Å². The molecule has 1 aromatic heterocycles. The summed E-state index contributed by atoms with van der Waals surface area (Å²) in [6.07, 6.45) is 15.1. The number of halogens is 1. The third kappa shape index (κ3) is 11.2. The molecule has 0 fully saturated rings. The van der Waals surface area contributed by atoms with Crippen molar-refractivity contribution in [2.75, 3.05) is 26.9 Å². The zero-order chi connectivity index (χ0) is 23.6. The van der Waals surface area contributed by atoms with E-state index in [9.17, 15) is 9.59 Å². The van der Waals surface area contributed by atoms with Gasteiger partial charge in [0.15, 0.2) is 5.69 Å². The Labute approximate surface area is 197 Å². The molecule has 7 nitrogen and oxygen atoms in total. The summed E-state index contributed by atoms with van der Waals surface area (Å²) in [7, 11) is 1.50. The number of unbranched alkanes of at least 4 members (excludes halogenated alkanes) is 10. The van der Waals surface area contributed by atoms with Gasteiger partial charge in [-0.15, -0.1) is 0 Å². The van der Waals surface area contributed by atoms with Gasteiger partial charge in [-0.3, -0.25) is 0 Å². The van der Waals surface area contributed by atoms with E-state index in [0.29, 0.717) is 6.42 Å². The average molecular weight is 474 g/mol. The van der Waals surface area contributed by atoms with Gasteiger partial charge in [0.25, 0.3) is 0 Å². The SMILES string of the molecule is CCCCCCCCCCCCCc1cn(OC(=O)OCCOC)c(C(=O)OCC)c1Cl. The molecular weight excluding hydrogens is 434 g/mol. The first kappa shape index (κ1) is 28.3. The van der Waals surface area contributed by atoms with Crippen LogP contribution in [0.4, 0.5) is 4.79 Å². The van der Waals surface area contributed by atoms with Crippen molar-refractivity contribution in [2.45, 2.75) is 90.9 Å². The molecule has 0 spiro atoms. The highest BCUT2D eigenvalue weighted by Gasteiger charge is 2.24. The lowest BCUT2D eigenvalue weighted by Gasteiger charge is -2.09. The Morgan fingerprint density at radius 3 is 2.03 bits per heavy atom. The number of hydrogen-bond donors (Lipinski definition) is 0. The maximum atomic E-state index is 12.3. The molecular formula is C24H40ClNO6. The van der Waals surface area contributed by atoms with Crippen molar-refractivity contribution < 1.29 is 28.6 Å². The Morgan fingerprint density at radius 2 is 1.47 bits per heavy atom. The van der Waals surface area contributed by atoms with Crippen LogP contribution < -0.4 is 4.84 Å². The number of ether oxygens (including phenoxy) is 3. The lowest BCUT2D eigenvalue weighted by Crippen LogP contribution is -2.25. The molecule has 0 N–H and O–H groups in total. The van der Waals surface area contributed by atoms with Gasteiger partial charge in [0.05, 0.1) is 24.4 Å². The second kappa shape index (κ2) is 17.8. The van der Waals surface area contributed by atoms with Crippen LogP contribution in [0.15, 0.2) is 6.20 Å². The first-order valence-electron chi connectivity index (χ1n) is 12.0. The number of aryl methyl sites for hydroxylation is 1. The summed E-state index contributed by atoms with van der Waals surface area (Å²) >= 11 is 6.43. The van der Waals surface area contributed by atoms with Crippen LogP contribution in [-0.2, 0) is 20.6 Å². The van der Waals surface area contributed by atoms with E-state index in [1.807, 2.05) is 0 Å². The van der Waals surface area contributed by atoms with Gasteiger partial charge in [-0.05, 0) is 25.3 Å². The van der Waals surface area contributed by atoms with Crippen LogP contribution in [0.1, 0.15) is 101 Å². The molecule has 0 radical (unpaired) electrons. The number of esters is 1. The topological polar surface area (TPSA) is 76.0 Å². The van der Waals surface area contributed by atoms with Crippen LogP contribution in [0.5, 0.6) is 0 Å². The number of carbonyl (C=O) groups is 2. The van der Waals surface area contributed by atoms with Gasteiger partial charge >= 0.3 is 12.1 Å². The molecule has 0 saturated carbocycles. The Morgan fingerprint density at radius 1 is 0.875 bits per heavy atom. The minimum absolute atomic E-state index is 0.00437. The number of hydrogen-bond acceptors (Lipinski definition) is 6. The third-order valence-electron chi connectivity index (χ3n) is 5.18. The summed E-state index contributed by atoms with van der Waals surface area (Å²) in [5.41, 5.74) is 0.741. The molecule has 0 aliphatic carbocycles. The fourth-order valence-corrected chi connectivity index (χ4v) is 3.74. The van der Waals surface area contributed by atoms with Gasteiger partial charge in [0.1, 0.15) is 6.61 Å². The van der Waals surface area contributed by atoms with E-state index in [1.54, 1.807) is 13.1 Å². The summed E-state index contributed by atoms with van der Waals surface area (Å²) in [6.45, 7) is 4.42. The van der Waals surface area contributed by atoms with Gasteiger partial charge in [-0.2, -0.15) is 4.73 Å². The van der Waals surface area contributed by atoms with Gasteiger partial charge < -0.3 is 19.0 Å². The summed E-state index contributed by atoms with van der Waals surface area (Å²) in [5, 5.41) is 0.250. The fraction of sp³-hybridized carbons (Fsp3) is 0.750. The monoisotopic (exact) mass is 473 g/mol. The van der Waals surface area contributed by atoms with Crippen molar-refractivity contribution in [1.29, 1.82) is 0 Å². The van der Waals surface area contributed by atoms with Crippen molar-refractivity contribution in [1.82, 2.24) is 4.73 Å². The normalized spacial score (nSPS) is 10.9. The Bertz CT molecular complexity index is 661. The molecule has 8 heteroatoms. The van der Waals surface area contributed by atoms with Gasteiger partial charge in [0, 0.05) is 7.11 Å². The number of rotatable bonds is 18. The second-order valence-electron chi connectivity index (χ2n) is 7.83. The van der Waals surface area contributed by atoms with Crippen LogP contribution in [0.2, 0.25) is 5.02 Å². The second-order valence-corrected chi connectivity index (χ2v) is 8.21. The van der Waals surface area contributed by atoms with Crippen molar-refractivity contribution >= 4 is 23.7 Å². The molecule has 0 unspecified atom stereocenters. The minimum Gasteiger partial charge on any atom is -0.461 e. The largest absolute Gasteiger partial charge is 0.533 e. The third-order valence-corrected chi connectivity index (χ3v) is 5.60. The number of aromatic nitrogens is 1. The van der Waals surface area contributed by atoms with Crippen LogP contribution in [0, 0.1) is 0 Å². The molecule has 1 rings (SSSR count). The molecule has 184 valence electrons. The van der Waals surface area contributed by atoms with Crippen molar-refractivity contribution in [3.05, 3.63) is 22.5 Å². The van der Waals surface area contributed by atoms with E-state index in [4.69, 9.17) is 30.6 Å². The lowest BCUT2D eigenvalue weighted by atomic mass is 10.0. The predicted octanol–water partition coefficient (Wildman–Crippen LogP) is 6.38. The zero-order valence-corrected chi connectivity index (χ0v) is 20.7. The van der Waals surface area contributed by atoms with E-state index < -0.39 is 12.1 Å². The summed E-state index contributed by atoms with van der Waals surface area (Å²) in [6, 6.07) is 0. The van der Waals surface area contributed by atoms with E-state index in [-0.39, 0.29) is 30.5 Å².